The summed E-state index contributed by atoms with van der Waals surface area (Å²) in [6.45, 7) is 0. The molecule has 0 atom stereocenters. The van der Waals surface area contributed by atoms with E-state index in [0.717, 1.165) is 25.4 Å². The van der Waals surface area contributed by atoms with Crippen LogP contribution < -0.4 is 0 Å². The first-order valence-electron chi connectivity index (χ1n) is 5.69. The lowest BCUT2D eigenvalue weighted by Crippen LogP contribution is -1.94. The van der Waals surface area contributed by atoms with E-state index in [-0.39, 0.29) is 0 Å². The Morgan fingerprint density at radius 1 is 1.22 bits per heavy atom. The van der Waals surface area contributed by atoms with Crippen LogP contribution in [-0.2, 0) is 0 Å². The number of nitrogens with zero attached hydrogens (tertiary/aromatic N) is 2. The van der Waals surface area contributed by atoms with Crippen LogP contribution in [0.15, 0.2) is 44.9 Å². The van der Waals surface area contributed by atoms with Gasteiger partial charge < -0.3 is 0 Å². The minimum absolute atomic E-state index is 0.549. The van der Waals surface area contributed by atoms with Gasteiger partial charge in [0.15, 0.2) is 0 Å². The molecule has 5 heteroatoms. The van der Waals surface area contributed by atoms with E-state index in [1.807, 2.05) is 30.3 Å². The standard InChI is InChI=1S/C13H10BrClN2S/c14-11-7-12(17-13(16-11)8-5-6-8)18-10-4-2-1-3-9(10)15/h1-4,7-8H,5-6H2. The van der Waals surface area contributed by atoms with Gasteiger partial charge in [-0.05, 0) is 40.9 Å². The molecule has 92 valence electrons. The van der Waals surface area contributed by atoms with Crippen molar-refractivity contribution >= 4 is 39.3 Å². The molecular weight excluding hydrogens is 332 g/mol. The van der Waals surface area contributed by atoms with Crippen LogP contribution in [0.25, 0.3) is 0 Å². The van der Waals surface area contributed by atoms with Crippen LogP contribution in [0.2, 0.25) is 5.02 Å². The molecular formula is C13H10BrClN2S. The summed E-state index contributed by atoms with van der Waals surface area (Å²) in [5, 5.41) is 1.69. The van der Waals surface area contributed by atoms with Gasteiger partial charge in [-0.15, -0.1) is 0 Å². The highest BCUT2D eigenvalue weighted by molar-refractivity contribution is 9.10. The summed E-state index contributed by atoms with van der Waals surface area (Å²) >= 11 is 11.2. The molecule has 0 N–H and O–H groups in total. The van der Waals surface area contributed by atoms with Gasteiger partial charge in [0.05, 0.1) is 5.02 Å². The normalized spacial score (nSPS) is 14.8. The largest absolute Gasteiger partial charge is 0.226 e. The highest BCUT2D eigenvalue weighted by Crippen LogP contribution is 2.40. The fourth-order valence-corrected chi connectivity index (χ4v) is 3.28. The van der Waals surface area contributed by atoms with Crippen LogP contribution in [-0.4, -0.2) is 9.97 Å². The van der Waals surface area contributed by atoms with Crippen molar-refractivity contribution in [3.05, 3.63) is 45.8 Å². The molecule has 1 aromatic carbocycles. The Bertz CT molecular complexity index is 587. The third-order valence-corrected chi connectivity index (χ3v) is 4.52. The summed E-state index contributed by atoms with van der Waals surface area (Å²) in [5.41, 5.74) is 0. The minimum atomic E-state index is 0.549. The molecule has 0 saturated heterocycles. The Morgan fingerprint density at radius 3 is 2.72 bits per heavy atom. The molecule has 1 aromatic heterocycles. The molecule has 1 saturated carbocycles. The molecule has 1 heterocycles. The molecule has 0 spiro atoms. The van der Waals surface area contributed by atoms with Crippen LogP contribution in [0.5, 0.6) is 0 Å². The molecule has 1 fully saturated rings. The van der Waals surface area contributed by atoms with Crippen molar-refractivity contribution in [1.29, 1.82) is 0 Å². The van der Waals surface area contributed by atoms with Gasteiger partial charge in [-0.3, -0.25) is 0 Å². The summed E-state index contributed by atoms with van der Waals surface area (Å²) < 4.78 is 0.842. The van der Waals surface area contributed by atoms with E-state index in [0.29, 0.717) is 5.92 Å². The van der Waals surface area contributed by atoms with Gasteiger partial charge in [-0.25, -0.2) is 9.97 Å². The molecule has 0 unspecified atom stereocenters. The van der Waals surface area contributed by atoms with Crippen LogP contribution >= 0.6 is 39.3 Å². The third kappa shape index (κ3) is 2.87. The van der Waals surface area contributed by atoms with E-state index in [9.17, 15) is 0 Å². The van der Waals surface area contributed by atoms with E-state index in [4.69, 9.17) is 11.6 Å². The average molecular weight is 342 g/mol. The zero-order valence-corrected chi connectivity index (χ0v) is 12.6. The van der Waals surface area contributed by atoms with Crippen molar-refractivity contribution in [3.63, 3.8) is 0 Å². The van der Waals surface area contributed by atoms with Gasteiger partial charge >= 0.3 is 0 Å². The number of hydrogen-bond donors (Lipinski definition) is 0. The van der Waals surface area contributed by atoms with Gasteiger partial charge in [0.1, 0.15) is 15.5 Å². The molecule has 2 aromatic rings. The fraction of sp³-hybridized carbons (Fsp3) is 0.231. The summed E-state index contributed by atoms with van der Waals surface area (Å²) in [4.78, 5) is 10.0. The first-order chi connectivity index (χ1) is 8.72. The predicted molar refractivity (Wildman–Crippen MR) is 77.3 cm³/mol. The van der Waals surface area contributed by atoms with Crippen LogP contribution in [0.4, 0.5) is 0 Å². The quantitative estimate of drug-likeness (QED) is 0.741. The SMILES string of the molecule is Clc1ccccc1Sc1cc(Br)nc(C2CC2)n1. The summed E-state index contributed by atoms with van der Waals surface area (Å²) in [6, 6.07) is 9.73. The van der Waals surface area contributed by atoms with Crippen molar-refractivity contribution in [2.75, 3.05) is 0 Å². The van der Waals surface area contributed by atoms with Gasteiger partial charge in [0.2, 0.25) is 0 Å². The van der Waals surface area contributed by atoms with Crippen molar-refractivity contribution in [1.82, 2.24) is 9.97 Å². The van der Waals surface area contributed by atoms with E-state index < -0.39 is 0 Å². The predicted octanol–water partition coefficient (Wildman–Crippen LogP) is 4.92. The molecule has 3 rings (SSSR count). The van der Waals surface area contributed by atoms with Gasteiger partial charge in [0.25, 0.3) is 0 Å². The second-order valence-electron chi connectivity index (χ2n) is 4.19. The number of benzene rings is 1. The van der Waals surface area contributed by atoms with E-state index in [1.54, 1.807) is 11.8 Å². The molecule has 2 nitrogen and oxygen atoms in total. The van der Waals surface area contributed by atoms with E-state index in [2.05, 4.69) is 25.9 Å². The van der Waals surface area contributed by atoms with Crippen molar-refractivity contribution in [2.45, 2.75) is 28.7 Å². The zero-order chi connectivity index (χ0) is 12.5. The molecule has 18 heavy (non-hydrogen) atoms. The maximum absolute atomic E-state index is 6.15. The van der Waals surface area contributed by atoms with Crippen molar-refractivity contribution < 1.29 is 0 Å². The molecule has 0 aliphatic heterocycles. The Balaban J connectivity index is 1.90. The minimum Gasteiger partial charge on any atom is -0.226 e. The Hall–Kier alpha value is -0.580. The fourth-order valence-electron chi connectivity index (χ4n) is 1.63. The van der Waals surface area contributed by atoms with Gasteiger partial charge in [-0.1, -0.05) is 35.5 Å². The lowest BCUT2D eigenvalue weighted by molar-refractivity contribution is 0.866. The monoisotopic (exact) mass is 340 g/mol. The second-order valence-corrected chi connectivity index (χ2v) is 6.48. The van der Waals surface area contributed by atoms with Crippen LogP contribution in [0.3, 0.4) is 0 Å². The summed E-state index contributed by atoms with van der Waals surface area (Å²) in [6.07, 6.45) is 2.40. The topological polar surface area (TPSA) is 25.8 Å². The smallest absolute Gasteiger partial charge is 0.134 e. The maximum atomic E-state index is 6.15. The zero-order valence-electron chi connectivity index (χ0n) is 9.44. The van der Waals surface area contributed by atoms with Gasteiger partial charge in [0, 0.05) is 16.9 Å². The molecule has 1 aliphatic rings. The molecule has 0 bridgehead atoms. The van der Waals surface area contributed by atoms with E-state index >= 15 is 0 Å². The number of aromatic nitrogens is 2. The Labute approximate surface area is 123 Å². The average Bonchev–Trinajstić information content (AvgIpc) is 3.15. The molecule has 0 amide bonds. The Morgan fingerprint density at radius 2 is 2.00 bits per heavy atom. The maximum Gasteiger partial charge on any atom is 0.134 e. The van der Waals surface area contributed by atoms with E-state index in [1.165, 1.54) is 12.8 Å². The second kappa shape index (κ2) is 5.19. The lowest BCUT2D eigenvalue weighted by Gasteiger charge is -2.05. The highest BCUT2D eigenvalue weighted by Gasteiger charge is 2.27. The first kappa shape index (κ1) is 12.5. The van der Waals surface area contributed by atoms with Crippen molar-refractivity contribution in [3.8, 4) is 0 Å². The summed E-state index contributed by atoms with van der Waals surface area (Å²) in [7, 11) is 0. The van der Waals surface area contributed by atoms with Crippen LogP contribution in [0.1, 0.15) is 24.6 Å². The summed E-state index contributed by atoms with van der Waals surface area (Å²) in [5.74, 6) is 1.49. The Kier molecular flexibility index (Phi) is 3.59. The lowest BCUT2D eigenvalue weighted by atomic mass is 10.4. The molecule has 1 aliphatic carbocycles. The first-order valence-corrected chi connectivity index (χ1v) is 7.68. The van der Waals surface area contributed by atoms with Crippen LogP contribution in [0, 0.1) is 0 Å². The van der Waals surface area contributed by atoms with Gasteiger partial charge in [-0.2, -0.15) is 0 Å². The van der Waals surface area contributed by atoms with Crippen molar-refractivity contribution in [2.24, 2.45) is 0 Å². The third-order valence-electron chi connectivity index (χ3n) is 2.68. The highest BCUT2D eigenvalue weighted by atomic mass is 79.9. The number of rotatable bonds is 3. The number of hydrogen-bond acceptors (Lipinski definition) is 3. The number of halogens is 2. The molecule has 0 radical (unpaired) electrons.